The molecule has 0 aromatic heterocycles. The van der Waals surface area contributed by atoms with Gasteiger partial charge in [0.05, 0.1) is 9.99 Å². The Balaban J connectivity index is 2.89. The van der Waals surface area contributed by atoms with Crippen LogP contribution in [0.3, 0.4) is 0 Å². The van der Waals surface area contributed by atoms with Crippen LogP contribution in [0.1, 0.15) is 5.56 Å². The molecule has 12 heavy (non-hydrogen) atoms. The van der Waals surface area contributed by atoms with Gasteiger partial charge in [0.25, 0.3) is 0 Å². The van der Waals surface area contributed by atoms with Gasteiger partial charge in [0.1, 0.15) is 5.75 Å². The van der Waals surface area contributed by atoms with Crippen LogP contribution in [0.5, 0.6) is 5.75 Å². The molecule has 1 aromatic rings. The van der Waals surface area contributed by atoms with Crippen LogP contribution >= 0.6 is 22.6 Å². The van der Waals surface area contributed by atoms with Gasteiger partial charge in [0, 0.05) is 0 Å². The van der Waals surface area contributed by atoms with E-state index in [0.717, 1.165) is 3.57 Å². The minimum Gasteiger partial charge on any atom is -0.507 e. The number of halogens is 1. The molecular formula is C8H7IO3. The molecule has 0 aliphatic rings. The third-order valence-electron chi connectivity index (χ3n) is 1.37. The van der Waals surface area contributed by atoms with Crippen molar-refractivity contribution in [1.29, 1.82) is 0 Å². The molecule has 0 saturated heterocycles. The second-order valence-electron chi connectivity index (χ2n) is 2.36. The van der Waals surface area contributed by atoms with Gasteiger partial charge in [-0.3, -0.25) is 4.79 Å². The SMILES string of the molecule is O=C(O)Cc1ccc(I)c(O)c1. The minimum absolute atomic E-state index is 0.0511. The van der Waals surface area contributed by atoms with Crippen molar-refractivity contribution in [2.45, 2.75) is 6.42 Å². The second kappa shape index (κ2) is 3.75. The van der Waals surface area contributed by atoms with Crippen molar-refractivity contribution in [2.24, 2.45) is 0 Å². The normalized spacial score (nSPS) is 9.75. The van der Waals surface area contributed by atoms with Crippen LogP contribution in [0.2, 0.25) is 0 Å². The van der Waals surface area contributed by atoms with Crippen molar-refractivity contribution < 1.29 is 15.0 Å². The summed E-state index contributed by atoms with van der Waals surface area (Å²) in [6.45, 7) is 0. The predicted molar refractivity (Wildman–Crippen MR) is 52.2 cm³/mol. The number of carboxylic acids is 1. The maximum atomic E-state index is 10.3. The zero-order valence-electron chi connectivity index (χ0n) is 6.12. The molecule has 0 bridgehead atoms. The summed E-state index contributed by atoms with van der Waals surface area (Å²) in [7, 11) is 0. The predicted octanol–water partition coefficient (Wildman–Crippen LogP) is 1.62. The Labute approximate surface area is 83.2 Å². The summed E-state index contributed by atoms with van der Waals surface area (Å²) >= 11 is 1.98. The van der Waals surface area contributed by atoms with Crippen LogP contribution in [0.15, 0.2) is 18.2 Å². The van der Waals surface area contributed by atoms with E-state index in [1.54, 1.807) is 12.1 Å². The molecule has 0 unspecified atom stereocenters. The Kier molecular flexibility index (Phi) is 2.91. The highest BCUT2D eigenvalue weighted by molar-refractivity contribution is 14.1. The van der Waals surface area contributed by atoms with Gasteiger partial charge in [0.15, 0.2) is 0 Å². The fraction of sp³-hybridized carbons (Fsp3) is 0.125. The number of benzene rings is 1. The van der Waals surface area contributed by atoms with E-state index in [0.29, 0.717) is 5.56 Å². The number of hydrogen-bond acceptors (Lipinski definition) is 2. The second-order valence-corrected chi connectivity index (χ2v) is 3.52. The van der Waals surface area contributed by atoms with Gasteiger partial charge in [-0.2, -0.15) is 0 Å². The molecule has 0 atom stereocenters. The molecule has 1 rings (SSSR count). The lowest BCUT2D eigenvalue weighted by Crippen LogP contribution is -1.99. The lowest BCUT2D eigenvalue weighted by atomic mass is 10.1. The number of phenolic OH excluding ortho intramolecular Hbond substituents is 1. The lowest BCUT2D eigenvalue weighted by Gasteiger charge is -1.99. The smallest absolute Gasteiger partial charge is 0.307 e. The van der Waals surface area contributed by atoms with Crippen molar-refractivity contribution >= 4 is 28.6 Å². The molecular weight excluding hydrogens is 271 g/mol. The molecule has 0 fully saturated rings. The van der Waals surface area contributed by atoms with Gasteiger partial charge in [-0.25, -0.2) is 0 Å². The molecule has 3 nitrogen and oxygen atoms in total. The number of carbonyl (C=O) groups is 1. The lowest BCUT2D eigenvalue weighted by molar-refractivity contribution is -0.136. The van der Waals surface area contributed by atoms with Crippen LogP contribution in [0.4, 0.5) is 0 Å². The van der Waals surface area contributed by atoms with Gasteiger partial charge in [-0.05, 0) is 40.3 Å². The highest BCUT2D eigenvalue weighted by Gasteiger charge is 2.02. The Morgan fingerprint density at radius 3 is 2.67 bits per heavy atom. The largest absolute Gasteiger partial charge is 0.507 e. The average molecular weight is 278 g/mol. The molecule has 64 valence electrons. The number of carboxylic acid groups (broad SMARTS) is 1. The molecule has 0 radical (unpaired) electrons. The standard InChI is InChI=1S/C8H7IO3/c9-6-2-1-5(3-7(6)10)4-8(11)12/h1-3,10H,4H2,(H,11,12). The van der Waals surface area contributed by atoms with E-state index >= 15 is 0 Å². The third kappa shape index (κ3) is 2.37. The zero-order valence-corrected chi connectivity index (χ0v) is 8.28. The highest BCUT2D eigenvalue weighted by atomic mass is 127. The summed E-state index contributed by atoms with van der Waals surface area (Å²) in [5.74, 6) is -0.759. The number of aromatic hydroxyl groups is 1. The first kappa shape index (κ1) is 9.31. The van der Waals surface area contributed by atoms with Crippen molar-refractivity contribution in [1.82, 2.24) is 0 Å². The number of rotatable bonds is 2. The van der Waals surface area contributed by atoms with Crippen LogP contribution in [0, 0.1) is 3.57 Å². The van der Waals surface area contributed by atoms with E-state index in [4.69, 9.17) is 5.11 Å². The quantitative estimate of drug-likeness (QED) is 0.808. The topological polar surface area (TPSA) is 57.5 Å². The maximum Gasteiger partial charge on any atom is 0.307 e. The summed E-state index contributed by atoms with van der Waals surface area (Å²) in [6.07, 6.45) is -0.0511. The van der Waals surface area contributed by atoms with Crippen LogP contribution in [-0.2, 0) is 11.2 Å². The zero-order chi connectivity index (χ0) is 9.14. The van der Waals surface area contributed by atoms with E-state index in [1.807, 2.05) is 22.6 Å². The van der Waals surface area contributed by atoms with Crippen LogP contribution in [-0.4, -0.2) is 16.2 Å². The van der Waals surface area contributed by atoms with E-state index in [9.17, 15) is 9.90 Å². The Morgan fingerprint density at radius 2 is 2.17 bits per heavy atom. The first-order valence-electron chi connectivity index (χ1n) is 3.29. The molecule has 0 amide bonds. The van der Waals surface area contributed by atoms with Gasteiger partial charge in [-0.15, -0.1) is 0 Å². The summed E-state index contributed by atoms with van der Waals surface area (Å²) in [4.78, 5) is 10.3. The molecule has 2 N–H and O–H groups in total. The molecule has 0 aliphatic carbocycles. The van der Waals surface area contributed by atoms with Crippen molar-refractivity contribution in [3.05, 3.63) is 27.3 Å². The van der Waals surface area contributed by atoms with Crippen molar-refractivity contribution in [3.63, 3.8) is 0 Å². The molecule has 0 heterocycles. The monoisotopic (exact) mass is 278 g/mol. The van der Waals surface area contributed by atoms with Gasteiger partial charge in [0.2, 0.25) is 0 Å². The first-order valence-corrected chi connectivity index (χ1v) is 4.36. The van der Waals surface area contributed by atoms with Gasteiger partial charge >= 0.3 is 5.97 Å². The van der Waals surface area contributed by atoms with Crippen LogP contribution in [0.25, 0.3) is 0 Å². The average Bonchev–Trinajstić information content (AvgIpc) is 1.96. The van der Waals surface area contributed by atoms with Crippen molar-refractivity contribution in [3.8, 4) is 5.75 Å². The van der Waals surface area contributed by atoms with Gasteiger partial charge < -0.3 is 10.2 Å². The summed E-state index contributed by atoms with van der Waals surface area (Å²) in [5.41, 5.74) is 0.611. The number of hydrogen-bond donors (Lipinski definition) is 2. The Morgan fingerprint density at radius 1 is 1.50 bits per heavy atom. The highest BCUT2D eigenvalue weighted by Crippen LogP contribution is 2.20. The fourth-order valence-electron chi connectivity index (χ4n) is 0.843. The summed E-state index contributed by atoms with van der Waals surface area (Å²) in [6, 6.07) is 4.85. The molecule has 0 spiro atoms. The molecule has 0 saturated carbocycles. The molecule has 0 aliphatic heterocycles. The minimum atomic E-state index is -0.893. The first-order chi connectivity index (χ1) is 5.59. The summed E-state index contributed by atoms with van der Waals surface area (Å²) in [5, 5.41) is 17.7. The third-order valence-corrected chi connectivity index (χ3v) is 2.28. The van der Waals surface area contributed by atoms with E-state index in [2.05, 4.69) is 0 Å². The number of phenols is 1. The fourth-order valence-corrected chi connectivity index (χ4v) is 1.18. The summed E-state index contributed by atoms with van der Waals surface area (Å²) < 4.78 is 0.724. The molecule has 4 heteroatoms. The van der Waals surface area contributed by atoms with E-state index in [-0.39, 0.29) is 12.2 Å². The Hall–Kier alpha value is -0.780. The molecule has 1 aromatic carbocycles. The van der Waals surface area contributed by atoms with Gasteiger partial charge in [-0.1, -0.05) is 6.07 Å². The van der Waals surface area contributed by atoms with Crippen LogP contribution < -0.4 is 0 Å². The number of aliphatic carboxylic acids is 1. The van der Waals surface area contributed by atoms with Crippen molar-refractivity contribution in [2.75, 3.05) is 0 Å². The van der Waals surface area contributed by atoms with E-state index < -0.39 is 5.97 Å². The van der Waals surface area contributed by atoms with E-state index in [1.165, 1.54) is 6.07 Å². The Bertz CT molecular complexity index is 309. The maximum absolute atomic E-state index is 10.3.